The number of hydrogen-bond donors (Lipinski definition) is 0. The Hall–Kier alpha value is -3.73. The predicted octanol–water partition coefficient (Wildman–Crippen LogP) is 5.59. The van der Waals surface area contributed by atoms with Crippen LogP contribution in [-0.4, -0.2) is 28.9 Å². The zero-order valence-corrected chi connectivity index (χ0v) is 17.8. The van der Waals surface area contributed by atoms with Gasteiger partial charge in [0, 0.05) is 17.5 Å². The van der Waals surface area contributed by atoms with Crippen LogP contribution in [0.4, 0.5) is 0 Å². The van der Waals surface area contributed by atoms with Crippen molar-refractivity contribution in [2.45, 2.75) is 19.8 Å². The van der Waals surface area contributed by atoms with Gasteiger partial charge >= 0.3 is 0 Å². The molecule has 0 N–H and O–H groups in total. The number of nitrogens with zero attached hydrogens (tertiary/aromatic N) is 3. The molecule has 5 nitrogen and oxygen atoms in total. The molecule has 31 heavy (non-hydrogen) atoms. The van der Waals surface area contributed by atoms with E-state index in [4.69, 9.17) is 14.5 Å². The highest BCUT2D eigenvalue weighted by molar-refractivity contribution is 5.78. The van der Waals surface area contributed by atoms with Gasteiger partial charge in [0.1, 0.15) is 22.9 Å². The summed E-state index contributed by atoms with van der Waals surface area (Å²) in [7, 11) is 1.66. The summed E-state index contributed by atoms with van der Waals surface area (Å²) in [6, 6.07) is 26.0. The van der Waals surface area contributed by atoms with Crippen LogP contribution in [0.3, 0.4) is 0 Å². The molecule has 0 saturated heterocycles. The Morgan fingerprint density at radius 2 is 1.35 bits per heavy atom. The van der Waals surface area contributed by atoms with Crippen LogP contribution in [0.15, 0.2) is 78.9 Å². The minimum atomic E-state index is 0.626. The van der Waals surface area contributed by atoms with E-state index in [1.807, 2.05) is 66.7 Å². The van der Waals surface area contributed by atoms with Gasteiger partial charge in [-0.1, -0.05) is 37.3 Å². The normalized spacial score (nSPS) is 10.6. The van der Waals surface area contributed by atoms with Gasteiger partial charge in [0.15, 0.2) is 5.82 Å². The van der Waals surface area contributed by atoms with E-state index in [0.717, 1.165) is 46.0 Å². The van der Waals surface area contributed by atoms with Gasteiger partial charge in [0.25, 0.3) is 0 Å². The third-order valence-electron chi connectivity index (χ3n) is 4.90. The number of aromatic nitrogens is 3. The molecular formula is C26H25N3O2. The van der Waals surface area contributed by atoms with Crippen LogP contribution in [0.5, 0.6) is 11.5 Å². The van der Waals surface area contributed by atoms with Gasteiger partial charge in [0.2, 0.25) is 0 Å². The minimum absolute atomic E-state index is 0.626. The lowest BCUT2D eigenvalue weighted by Gasteiger charge is -2.11. The maximum Gasteiger partial charge on any atom is 0.156 e. The Kier molecular flexibility index (Phi) is 6.53. The number of benzene rings is 3. The summed E-state index contributed by atoms with van der Waals surface area (Å²) >= 11 is 0. The summed E-state index contributed by atoms with van der Waals surface area (Å²) in [5.74, 6) is 2.33. The first-order valence-electron chi connectivity index (χ1n) is 10.4. The molecule has 0 bridgehead atoms. The lowest BCUT2D eigenvalue weighted by molar-refractivity contribution is 0.317. The van der Waals surface area contributed by atoms with Crippen LogP contribution in [0, 0.1) is 0 Å². The molecule has 0 radical (unpaired) electrons. The largest absolute Gasteiger partial charge is 0.497 e. The Balaban J connectivity index is 1.72. The van der Waals surface area contributed by atoms with Gasteiger partial charge < -0.3 is 9.47 Å². The van der Waals surface area contributed by atoms with Crippen molar-refractivity contribution in [3.05, 3.63) is 90.3 Å². The summed E-state index contributed by atoms with van der Waals surface area (Å²) in [6.07, 6.45) is 1.60. The molecule has 1 heterocycles. The van der Waals surface area contributed by atoms with Crippen molar-refractivity contribution in [2.75, 3.05) is 13.7 Å². The number of hydrogen-bond acceptors (Lipinski definition) is 5. The van der Waals surface area contributed by atoms with Crippen LogP contribution in [-0.2, 0) is 6.42 Å². The van der Waals surface area contributed by atoms with Gasteiger partial charge in [-0.05, 0) is 60.5 Å². The third-order valence-corrected chi connectivity index (χ3v) is 4.90. The summed E-state index contributed by atoms with van der Waals surface area (Å²) < 4.78 is 11.0. The highest BCUT2D eigenvalue weighted by Crippen LogP contribution is 2.31. The molecule has 4 rings (SSSR count). The molecule has 0 fully saturated rings. The van der Waals surface area contributed by atoms with E-state index in [0.29, 0.717) is 18.9 Å². The first-order valence-corrected chi connectivity index (χ1v) is 10.4. The number of methoxy groups -OCH3 is 1. The van der Waals surface area contributed by atoms with Crippen molar-refractivity contribution < 1.29 is 9.47 Å². The van der Waals surface area contributed by atoms with Gasteiger partial charge in [-0.2, -0.15) is 0 Å². The summed E-state index contributed by atoms with van der Waals surface area (Å²) in [5, 5.41) is 9.00. The van der Waals surface area contributed by atoms with Crippen LogP contribution >= 0.6 is 0 Å². The predicted molar refractivity (Wildman–Crippen MR) is 122 cm³/mol. The first-order chi connectivity index (χ1) is 15.3. The van der Waals surface area contributed by atoms with Crippen molar-refractivity contribution in [1.29, 1.82) is 0 Å². The maximum atomic E-state index is 5.71. The van der Waals surface area contributed by atoms with Crippen LogP contribution in [0.2, 0.25) is 0 Å². The topological polar surface area (TPSA) is 57.1 Å². The zero-order chi connectivity index (χ0) is 21.5. The molecule has 5 heteroatoms. The third kappa shape index (κ3) is 5.07. The second kappa shape index (κ2) is 9.85. The molecule has 0 aliphatic carbocycles. The van der Waals surface area contributed by atoms with E-state index in [-0.39, 0.29) is 0 Å². The fraction of sp³-hybridized carbons (Fsp3) is 0.192. The molecule has 4 aromatic rings. The summed E-state index contributed by atoms with van der Waals surface area (Å²) in [5.41, 5.74) is 4.59. The molecule has 156 valence electrons. The average Bonchev–Trinajstić information content (AvgIpc) is 2.84. The second-order valence-corrected chi connectivity index (χ2v) is 7.19. The van der Waals surface area contributed by atoms with Crippen molar-refractivity contribution in [3.8, 4) is 34.0 Å². The van der Waals surface area contributed by atoms with E-state index < -0.39 is 0 Å². The molecule has 3 aromatic carbocycles. The molecule has 0 atom stereocenters. The molecule has 0 aliphatic heterocycles. The monoisotopic (exact) mass is 411 g/mol. The van der Waals surface area contributed by atoms with Crippen molar-refractivity contribution in [3.63, 3.8) is 0 Å². The van der Waals surface area contributed by atoms with E-state index >= 15 is 0 Å². The Morgan fingerprint density at radius 3 is 2.00 bits per heavy atom. The molecule has 0 unspecified atom stereocenters. The average molecular weight is 412 g/mol. The van der Waals surface area contributed by atoms with Gasteiger partial charge in [-0.3, -0.25) is 0 Å². The molecule has 1 aromatic heterocycles. The SMILES string of the molecule is CCCOc1ccc(-c2nnc(Cc3ccccc3)nc2-c2ccc(OC)cc2)cc1. The summed E-state index contributed by atoms with van der Waals surface area (Å²) in [4.78, 5) is 4.90. The molecule has 0 spiro atoms. The van der Waals surface area contributed by atoms with Crippen LogP contribution in [0.25, 0.3) is 22.5 Å². The molecular weight excluding hydrogens is 386 g/mol. The smallest absolute Gasteiger partial charge is 0.156 e. The Bertz CT molecular complexity index is 1110. The Labute approximate surface area is 182 Å². The van der Waals surface area contributed by atoms with Gasteiger partial charge in [-0.15, -0.1) is 10.2 Å². The fourth-order valence-corrected chi connectivity index (χ4v) is 3.29. The van der Waals surface area contributed by atoms with Crippen LogP contribution < -0.4 is 9.47 Å². The quantitative estimate of drug-likeness (QED) is 0.378. The standard InChI is InChI=1S/C26H25N3O2/c1-3-17-31-23-15-11-21(12-16-23)26-25(20-9-13-22(30-2)14-10-20)27-24(28-29-26)18-19-7-5-4-6-8-19/h4-16H,3,17-18H2,1-2H3. The fourth-order valence-electron chi connectivity index (χ4n) is 3.29. The van der Waals surface area contributed by atoms with Crippen molar-refractivity contribution >= 4 is 0 Å². The maximum absolute atomic E-state index is 5.71. The Morgan fingerprint density at radius 1 is 0.710 bits per heavy atom. The number of ether oxygens (including phenoxy) is 2. The molecule has 0 aliphatic rings. The lowest BCUT2D eigenvalue weighted by atomic mass is 10.0. The van der Waals surface area contributed by atoms with E-state index in [1.54, 1.807) is 7.11 Å². The molecule has 0 amide bonds. The number of rotatable bonds is 8. The second-order valence-electron chi connectivity index (χ2n) is 7.19. The zero-order valence-electron chi connectivity index (χ0n) is 17.8. The lowest BCUT2D eigenvalue weighted by Crippen LogP contribution is -2.04. The van der Waals surface area contributed by atoms with Crippen molar-refractivity contribution in [1.82, 2.24) is 15.2 Å². The van der Waals surface area contributed by atoms with E-state index in [9.17, 15) is 0 Å². The first kappa shape index (κ1) is 20.5. The highest BCUT2D eigenvalue weighted by Gasteiger charge is 2.14. The minimum Gasteiger partial charge on any atom is -0.497 e. The summed E-state index contributed by atoms with van der Waals surface area (Å²) in [6.45, 7) is 2.79. The molecule has 0 saturated carbocycles. The van der Waals surface area contributed by atoms with Gasteiger partial charge in [0.05, 0.1) is 13.7 Å². The van der Waals surface area contributed by atoms with E-state index in [1.165, 1.54) is 0 Å². The van der Waals surface area contributed by atoms with Crippen LogP contribution in [0.1, 0.15) is 24.7 Å². The van der Waals surface area contributed by atoms with Gasteiger partial charge in [-0.25, -0.2) is 4.98 Å². The van der Waals surface area contributed by atoms with E-state index in [2.05, 4.69) is 29.3 Å². The van der Waals surface area contributed by atoms with Crippen molar-refractivity contribution in [2.24, 2.45) is 0 Å². The highest BCUT2D eigenvalue weighted by atomic mass is 16.5.